The molecule has 1 aromatic heterocycles. The van der Waals surface area contributed by atoms with E-state index in [4.69, 9.17) is 11.6 Å². The first kappa shape index (κ1) is 24.0. The number of anilines is 1. The lowest BCUT2D eigenvalue weighted by molar-refractivity contribution is -0.123. The van der Waals surface area contributed by atoms with Crippen molar-refractivity contribution in [2.45, 2.75) is 36.3 Å². The van der Waals surface area contributed by atoms with Crippen molar-refractivity contribution in [1.29, 1.82) is 0 Å². The third kappa shape index (κ3) is 3.68. The van der Waals surface area contributed by atoms with Crippen LogP contribution in [-0.4, -0.2) is 41.3 Å². The Morgan fingerprint density at radius 3 is 2.29 bits per heavy atom. The van der Waals surface area contributed by atoms with Gasteiger partial charge in [0, 0.05) is 18.1 Å². The largest absolute Gasteiger partial charge is 0.501 e. The molecule has 4 rings (SSSR count). The molecule has 12 heteroatoms. The van der Waals surface area contributed by atoms with Gasteiger partial charge >= 0.3 is 11.5 Å². The van der Waals surface area contributed by atoms with Crippen molar-refractivity contribution in [1.82, 2.24) is 9.88 Å². The Labute approximate surface area is 197 Å². The number of urea groups is 1. The molecule has 2 heterocycles. The fraction of sp³-hybridized carbons (Fsp3) is 0.227. The minimum Gasteiger partial charge on any atom is -0.305 e. The van der Waals surface area contributed by atoms with Crippen LogP contribution in [0.25, 0.3) is 10.9 Å². The van der Waals surface area contributed by atoms with Crippen LogP contribution in [0.15, 0.2) is 59.6 Å². The molecule has 1 aliphatic heterocycles. The Morgan fingerprint density at radius 1 is 1.03 bits per heavy atom. The van der Waals surface area contributed by atoms with Crippen LogP contribution in [0, 0.1) is 0 Å². The average molecular weight is 512 g/mol. The summed E-state index contributed by atoms with van der Waals surface area (Å²) >= 11 is 6.21. The molecule has 0 saturated carbocycles. The smallest absolute Gasteiger partial charge is 0.305 e. The molecule has 0 N–H and O–H groups in total. The summed E-state index contributed by atoms with van der Waals surface area (Å²) in [5.41, 5.74) is -5.58. The van der Waals surface area contributed by atoms with Crippen molar-refractivity contribution < 1.29 is 31.2 Å². The fourth-order valence-corrected chi connectivity index (χ4v) is 4.73. The normalized spacial score (nSPS) is 16.5. The number of carbonyl (C=O) groups is 2. The summed E-state index contributed by atoms with van der Waals surface area (Å²) in [6, 6.07) is 9.63. The molecular formula is C22H17ClF3N3O4S. The Hall–Kier alpha value is -3.18. The molecule has 1 saturated heterocycles. The second-order valence-electron chi connectivity index (χ2n) is 8.12. The SMILES string of the molecule is CC1(C)C(=O)N(c2ccc(S(=O)(=O)C(F)(F)F)cc2)C(=O)N1Cc1ccnc2c(Cl)cccc12. The van der Waals surface area contributed by atoms with Crippen LogP contribution in [0.3, 0.4) is 0 Å². The van der Waals surface area contributed by atoms with E-state index < -0.39 is 37.7 Å². The van der Waals surface area contributed by atoms with Gasteiger partial charge in [-0.25, -0.2) is 18.1 Å². The number of nitrogens with zero attached hydrogens (tertiary/aromatic N) is 3. The third-order valence-corrected chi connectivity index (χ3v) is 7.48. The van der Waals surface area contributed by atoms with Crippen LogP contribution in [0.4, 0.5) is 23.7 Å². The first-order valence-corrected chi connectivity index (χ1v) is 11.7. The van der Waals surface area contributed by atoms with E-state index in [2.05, 4.69) is 4.98 Å². The third-order valence-electron chi connectivity index (χ3n) is 5.67. The number of rotatable bonds is 4. The molecule has 0 radical (unpaired) electrons. The van der Waals surface area contributed by atoms with Gasteiger partial charge in [0.05, 0.1) is 21.1 Å². The van der Waals surface area contributed by atoms with Crippen molar-refractivity contribution in [3.05, 3.63) is 65.3 Å². The highest BCUT2D eigenvalue weighted by molar-refractivity contribution is 7.92. The van der Waals surface area contributed by atoms with Crippen LogP contribution in [-0.2, 0) is 21.2 Å². The number of amides is 3. The molecule has 0 spiro atoms. The topological polar surface area (TPSA) is 87.7 Å². The van der Waals surface area contributed by atoms with Gasteiger partial charge in [0.25, 0.3) is 15.7 Å². The Balaban J connectivity index is 1.69. The van der Waals surface area contributed by atoms with E-state index in [1.165, 1.54) is 11.1 Å². The average Bonchev–Trinajstić information content (AvgIpc) is 2.93. The predicted molar refractivity (Wildman–Crippen MR) is 119 cm³/mol. The predicted octanol–water partition coefficient (Wildman–Crippen LogP) is 4.93. The monoisotopic (exact) mass is 511 g/mol. The van der Waals surface area contributed by atoms with Gasteiger partial charge in [-0.15, -0.1) is 0 Å². The summed E-state index contributed by atoms with van der Waals surface area (Å²) in [5, 5.41) is 1.13. The molecule has 0 aliphatic carbocycles. The summed E-state index contributed by atoms with van der Waals surface area (Å²) in [6.07, 6.45) is 1.54. The highest BCUT2D eigenvalue weighted by Gasteiger charge is 2.52. The van der Waals surface area contributed by atoms with E-state index in [1.54, 1.807) is 38.1 Å². The standard InChI is InChI=1S/C22H17ClF3N3O4S/c1-21(2)19(30)29(14-6-8-15(9-7-14)34(32,33)22(24,25)26)20(31)28(21)12-13-10-11-27-18-16(13)4-3-5-17(18)23/h3-11H,12H2,1-2H3. The summed E-state index contributed by atoms with van der Waals surface area (Å²) in [5.74, 6) is -0.611. The molecule has 0 bridgehead atoms. The van der Waals surface area contributed by atoms with E-state index >= 15 is 0 Å². The van der Waals surface area contributed by atoms with Gasteiger partial charge in [-0.05, 0) is 55.8 Å². The second kappa shape index (κ2) is 7.95. The maximum Gasteiger partial charge on any atom is 0.501 e. The number of sulfone groups is 1. The van der Waals surface area contributed by atoms with E-state index in [9.17, 15) is 31.2 Å². The quantitative estimate of drug-likeness (QED) is 0.463. The number of fused-ring (bicyclic) bond motifs is 1. The summed E-state index contributed by atoms with van der Waals surface area (Å²) in [4.78, 5) is 31.8. The molecule has 0 unspecified atom stereocenters. The lowest BCUT2D eigenvalue weighted by Gasteiger charge is -2.28. The zero-order valence-corrected chi connectivity index (χ0v) is 19.4. The Kier molecular flexibility index (Phi) is 5.60. The molecule has 1 fully saturated rings. The molecule has 0 atom stereocenters. The molecular weight excluding hydrogens is 495 g/mol. The molecule has 7 nitrogen and oxygen atoms in total. The van der Waals surface area contributed by atoms with Crippen LogP contribution in [0.2, 0.25) is 5.02 Å². The zero-order chi connectivity index (χ0) is 25.1. The molecule has 1 aliphatic rings. The van der Waals surface area contributed by atoms with Gasteiger partial charge in [-0.2, -0.15) is 13.2 Å². The molecule has 3 aromatic rings. The molecule has 3 amide bonds. The zero-order valence-electron chi connectivity index (χ0n) is 17.8. The van der Waals surface area contributed by atoms with Crippen molar-refractivity contribution in [3.63, 3.8) is 0 Å². The first-order valence-electron chi connectivity index (χ1n) is 9.86. The van der Waals surface area contributed by atoms with Gasteiger partial charge in [0.2, 0.25) is 0 Å². The maximum absolute atomic E-state index is 13.3. The minimum absolute atomic E-state index is 0.0357. The highest BCUT2D eigenvalue weighted by atomic mass is 35.5. The molecule has 34 heavy (non-hydrogen) atoms. The van der Waals surface area contributed by atoms with Crippen molar-refractivity contribution in [2.75, 3.05) is 4.90 Å². The summed E-state index contributed by atoms with van der Waals surface area (Å²) in [6.45, 7) is 3.13. The van der Waals surface area contributed by atoms with E-state index in [0.29, 0.717) is 33.6 Å². The number of hydrogen-bond donors (Lipinski definition) is 0. The summed E-state index contributed by atoms with van der Waals surface area (Å²) < 4.78 is 61.7. The Bertz CT molecular complexity index is 1420. The molecule has 178 valence electrons. The number of benzene rings is 2. The maximum atomic E-state index is 13.3. The lowest BCUT2D eigenvalue weighted by Crippen LogP contribution is -2.43. The number of carbonyl (C=O) groups excluding carboxylic acids is 2. The first-order chi connectivity index (χ1) is 15.8. The molecule has 2 aromatic carbocycles. The highest BCUT2D eigenvalue weighted by Crippen LogP contribution is 2.36. The van der Waals surface area contributed by atoms with E-state index in [0.717, 1.165) is 17.0 Å². The summed E-state index contributed by atoms with van der Waals surface area (Å²) in [7, 11) is -5.56. The minimum atomic E-state index is -5.56. The number of imide groups is 1. The van der Waals surface area contributed by atoms with Crippen LogP contribution >= 0.6 is 11.6 Å². The van der Waals surface area contributed by atoms with E-state index in [-0.39, 0.29) is 12.2 Å². The van der Waals surface area contributed by atoms with Gasteiger partial charge in [0.15, 0.2) is 0 Å². The van der Waals surface area contributed by atoms with Gasteiger partial charge in [-0.1, -0.05) is 23.7 Å². The van der Waals surface area contributed by atoms with Crippen LogP contribution < -0.4 is 4.90 Å². The van der Waals surface area contributed by atoms with Gasteiger partial charge in [0.1, 0.15) is 5.54 Å². The number of para-hydroxylation sites is 1. The lowest BCUT2D eigenvalue weighted by atomic mass is 10.0. The Morgan fingerprint density at radius 2 is 1.68 bits per heavy atom. The van der Waals surface area contributed by atoms with Gasteiger partial charge < -0.3 is 4.90 Å². The number of aromatic nitrogens is 1. The van der Waals surface area contributed by atoms with Gasteiger partial charge in [-0.3, -0.25) is 9.78 Å². The number of alkyl halides is 3. The fourth-order valence-electron chi connectivity index (χ4n) is 3.74. The van der Waals surface area contributed by atoms with Crippen LogP contribution in [0.1, 0.15) is 19.4 Å². The van der Waals surface area contributed by atoms with Crippen molar-refractivity contribution in [3.8, 4) is 0 Å². The number of pyridine rings is 1. The van der Waals surface area contributed by atoms with Crippen molar-refractivity contribution in [2.24, 2.45) is 0 Å². The number of hydrogen-bond acceptors (Lipinski definition) is 5. The van der Waals surface area contributed by atoms with Crippen LogP contribution in [0.5, 0.6) is 0 Å². The van der Waals surface area contributed by atoms with Crippen molar-refractivity contribution >= 4 is 50.0 Å². The second-order valence-corrected chi connectivity index (χ2v) is 10.5. The number of halogens is 4. The van der Waals surface area contributed by atoms with E-state index in [1.807, 2.05) is 0 Å².